The summed E-state index contributed by atoms with van der Waals surface area (Å²) in [5.74, 6) is -4.40. The molecule has 2 amide bonds. The van der Waals surface area contributed by atoms with Crippen molar-refractivity contribution >= 4 is 23.8 Å². The molecule has 3 aliphatic rings. The predicted octanol–water partition coefficient (Wildman–Crippen LogP) is 0.540. The van der Waals surface area contributed by atoms with Gasteiger partial charge in [-0.05, 0) is 25.3 Å². The summed E-state index contributed by atoms with van der Waals surface area (Å²) < 4.78 is 5.21. The molecule has 1 aromatic carbocycles. The maximum absolute atomic E-state index is 13.2. The fourth-order valence-electron chi connectivity index (χ4n) is 3.81. The van der Waals surface area contributed by atoms with Crippen molar-refractivity contribution in [3.63, 3.8) is 0 Å². The highest BCUT2D eigenvalue weighted by atomic mass is 16.8. The van der Waals surface area contributed by atoms with E-state index in [2.05, 4.69) is 0 Å². The van der Waals surface area contributed by atoms with Gasteiger partial charge in [-0.3, -0.25) is 14.5 Å². The molecule has 4 rings (SSSR count). The van der Waals surface area contributed by atoms with Gasteiger partial charge in [0.2, 0.25) is 5.91 Å². The number of hydrogen-bond donors (Lipinski definition) is 0. The first-order valence-corrected chi connectivity index (χ1v) is 8.12. The van der Waals surface area contributed by atoms with E-state index < -0.39 is 41.4 Å². The smallest absolute Gasteiger partial charge is 0.421 e. The van der Waals surface area contributed by atoms with E-state index in [0.29, 0.717) is 12.8 Å². The van der Waals surface area contributed by atoms with Crippen LogP contribution in [0.2, 0.25) is 0 Å². The van der Waals surface area contributed by atoms with Crippen LogP contribution in [0.3, 0.4) is 0 Å². The number of rotatable bonds is 2. The minimum atomic E-state index is -1.87. The van der Waals surface area contributed by atoms with E-state index in [-0.39, 0.29) is 6.54 Å². The van der Waals surface area contributed by atoms with Gasteiger partial charge in [0.15, 0.2) is 0 Å². The first-order chi connectivity index (χ1) is 12.0. The second-order valence-electron chi connectivity index (χ2n) is 6.36. The summed E-state index contributed by atoms with van der Waals surface area (Å²) >= 11 is 0. The van der Waals surface area contributed by atoms with Crippen LogP contribution in [0.1, 0.15) is 31.4 Å². The van der Waals surface area contributed by atoms with Crippen molar-refractivity contribution < 1.29 is 28.8 Å². The monoisotopic (exact) mass is 344 g/mol. The van der Waals surface area contributed by atoms with Gasteiger partial charge in [-0.1, -0.05) is 35.4 Å². The second kappa shape index (κ2) is 5.38. The second-order valence-corrected chi connectivity index (χ2v) is 6.36. The Bertz CT molecular complexity index is 779. The van der Waals surface area contributed by atoms with Crippen molar-refractivity contribution in [3.8, 4) is 0 Å². The van der Waals surface area contributed by atoms with Gasteiger partial charge in [-0.2, -0.15) is 0 Å². The molecule has 0 aromatic heterocycles. The number of imide groups is 1. The number of piperidine rings is 1. The molecule has 3 saturated heterocycles. The fraction of sp³-hybridized carbons (Fsp3) is 0.412. The normalized spacial score (nSPS) is 30.4. The number of hydroxylamine groups is 2. The Kier molecular flexibility index (Phi) is 3.40. The Hall–Kier alpha value is -2.74. The number of likely N-dealkylation sites (tertiary alicyclic amines) is 1. The largest absolute Gasteiger partial charge is 0.436 e. The van der Waals surface area contributed by atoms with Gasteiger partial charge in [-0.25, -0.2) is 9.59 Å². The number of benzene rings is 1. The first-order valence-electron chi connectivity index (χ1n) is 8.12. The molecule has 0 aliphatic carbocycles. The Morgan fingerprint density at radius 3 is 2.56 bits per heavy atom. The molecule has 3 aliphatic heterocycles. The molecule has 1 aromatic rings. The van der Waals surface area contributed by atoms with Gasteiger partial charge in [0.1, 0.15) is 5.92 Å². The molecule has 3 fully saturated rings. The molecule has 8 nitrogen and oxygen atoms in total. The van der Waals surface area contributed by atoms with E-state index >= 15 is 0 Å². The Balaban J connectivity index is 1.76. The number of carbonyl (C=O) groups excluding carboxylic acids is 4. The van der Waals surface area contributed by atoms with Crippen molar-refractivity contribution in [2.24, 2.45) is 5.92 Å². The number of amides is 2. The van der Waals surface area contributed by atoms with Gasteiger partial charge in [0.25, 0.3) is 11.6 Å². The SMILES string of the molecule is C[C@@H](c1ccccc1)N1C(=O)[C@@H]2CCCN3OC(=O)C(=O)O[C@]23C1=O. The Morgan fingerprint density at radius 1 is 1.12 bits per heavy atom. The number of nitrogens with zero attached hydrogens (tertiary/aromatic N) is 2. The van der Waals surface area contributed by atoms with E-state index in [0.717, 1.165) is 15.5 Å². The molecule has 0 N–H and O–H groups in total. The van der Waals surface area contributed by atoms with Crippen LogP contribution in [0.25, 0.3) is 0 Å². The number of ether oxygens (including phenoxy) is 1. The topological polar surface area (TPSA) is 93.2 Å². The van der Waals surface area contributed by atoms with Crippen LogP contribution >= 0.6 is 0 Å². The summed E-state index contributed by atoms with van der Waals surface area (Å²) in [7, 11) is 0. The number of hydrogen-bond acceptors (Lipinski definition) is 7. The van der Waals surface area contributed by atoms with Crippen LogP contribution in [-0.4, -0.2) is 46.0 Å². The van der Waals surface area contributed by atoms with E-state index in [1.807, 2.05) is 30.3 Å². The molecule has 0 bridgehead atoms. The van der Waals surface area contributed by atoms with Crippen LogP contribution in [0.4, 0.5) is 0 Å². The highest BCUT2D eigenvalue weighted by molar-refractivity contribution is 6.31. The van der Waals surface area contributed by atoms with E-state index in [1.165, 1.54) is 0 Å². The quantitative estimate of drug-likeness (QED) is 0.439. The molecular weight excluding hydrogens is 328 g/mol. The highest BCUT2D eigenvalue weighted by Crippen LogP contribution is 2.47. The predicted molar refractivity (Wildman–Crippen MR) is 81.1 cm³/mol. The highest BCUT2D eigenvalue weighted by Gasteiger charge is 2.71. The van der Waals surface area contributed by atoms with Crippen LogP contribution in [0, 0.1) is 5.92 Å². The lowest BCUT2D eigenvalue weighted by Crippen LogP contribution is -2.67. The molecule has 1 spiro atoms. The lowest BCUT2D eigenvalue weighted by molar-refractivity contribution is -0.312. The molecule has 3 atom stereocenters. The number of esters is 1. The Morgan fingerprint density at radius 2 is 1.84 bits per heavy atom. The van der Waals surface area contributed by atoms with Gasteiger partial charge >= 0.3 is 11.9 Å². The molecule has 25 heavy (non-hydrogen) atoms. The molecule has 0 saturated carbocycles. The van der Waals surface area contributed by atoms with Crippen molar-refractivity contribution in [1.29, 1.82) is 0 Å². The average molecular weight is 344 g/mol. The molecule has 3 heterocycles. The summed E-state index contributed by atoms with van der Waals surface area (Å²) in [6.45, 7) is 1.96. The van der Waals surface area contributed by atoms with E-state index in [1.54, 1.807) is 6.92 Å². The first kappa shape index (κ1) is 15.8. The van der Waals surface area contributed by atoms with Crippen molar-refractivity contribution in [2.75, 3.05) is 6.54 Å². The summed E-state index contributed by atoms with van der Waals surface area (Å²) in [6.07, 6.45) is 0.924. The van der Waals surface area contributed by atoms with Crippen molar-refractivity contribution in [2.45, 2.75) is 31.5 Å². The number of carbonyl (C=O) groups is 4. The summed E-state index contributed by atoms with van der Waals surface area (Å²) in [5.41, 5.74) is -1.09. The maximum atomic E-state index is 13.2. The van der Waals surface area contributed by atoms with Crippen LogP contribution in [0.5, 0.6) is 0 Å². The van der Waals surface area contributed by atoms with Crippen molar-refractivity contribution in [3.05, 3.63) is 35.9 Å². The van der Waals surface area contributed by atoms with Gasteiger partial charge in [-0.15, -0.1) is 0 Å². The molecule has 130 valence electrons. The Labute approximate surface area is 143 Å². The molecule has 0 radical (unpaired) electrons. The minimum Gasteiger partial charge on any atom is -0.421 e. The molecule has 8 heteroatoms. The average Bonchev–Trinajstić information content (AvgIpc) is 2.83. The third-order valence-electron chi connectivity index (χ3n) is 5.03. The lowest BCUT2D eigenvalue weighted by Gasteiger charge is -2.44. The molecular formula is C17H16N2O6. The third kappa shape index (κ3) is 2.03. The summed E-state index contributed by atoms with van der Waals surface area (Å²) in [4.78, 5) is 55.5. The fourth-order valence-corrected chi connectivity index (χ4v) is 3.81. The zero-order chi connectivity index (χ0) is 17.8. The maximum Gasteiger partial charge on any atom is 0.436 e. The van der Waals surface area contributed by atoms with Gasteiger partial charge in [0, 0.05) is 6.54 Å². The minimum absolute atomic E-state index is 0.224. The summed E-state index contributed by atoms with van der Waals surface area (Å²) in [5, 5.41) is 1.06. The van der Waals surface area contributed by atoms with Crippen LogP contribution < -0.4 is 0 Å². The standard InChI is InChI=1S/C17H16N2O6/c1-10(11-6-3-2-4-7-11)19-13(20)12-8-5-9-18-17(12,16(19)23)24-14(21)15(22)25-18/h2-4,6-7,10,12H,5,8-9H2,1H3/t10-,12-,17-/m0/s1. The van der Waals surface area contributed by atoms with Crippen LogP contribution in [0.15, 0.2) is 30.3 Å². The van der Waals surface area contributed by atoms with E-state index in [4.69, 9.17) is 9.57 Å². The van der Waals surface area contributed by atoms with E-state index in [9.17, 15) is 19.2 Å². The van der Waals surface area contributed by atoms with Crippen LogP contribution in [-0.2, 0) is 28.8 Å². The lowest BCUT2D eigenvalue weighted by atomic mass is 9.88. The molecule has 0 unspecified atom stereocenters. The van der Waals surface area contributed by atoms with Gasteiger partial charge < -0.3 is 9.57 Å². The van der Waals surface area contributed by atoms with Gasteiger partial charge in [0.05, 0.1) is 6.04 Å². The zero-order valence-electron chi connectivity index (χ0n) is 13.5. The zero-order valence-corrected chi connectivity index (χ0v) is 13.5. The third-order valence-corrected chi connectivity index (χ3v) is 5.03. The summed E-state index contributed by atoms with van der Waals surface area (Å²) in [6, 6.07) is 8.57. The van der Waals surface area contributed by atoms with Crippen molar-refractivity contribution in [1.82, 2.24) is 9.96 Å².